The number of furan rings is 1. The predicted octanol–water partition coefficient (Wildman–Crippen LogP) is 3.51. The zero-order chi connectivity index (χ0) is 19.5. The van der Waals surface area contributed by atoms with E-state index in [2.05, 4.69) is 20.4 Å². The number of aryl methyl sites for hydroxylation is 1. The Morgan fingerprint density at radius 2 is 2.04 bits per heavy atom. The molecule has 1 aromatic carbocycles. The lowest BCUT2D eigenvalue weighted by atomic mass is 10.2. The van der Waals surface area contributed by atoms with Crippen LogP contribution in [0.5, 0.6) is 0 Å². The van der Waals surface area contributed by atoms with Crippen LogP contribution in [0.3, 0.4) is 0 Å². The summed E-state index contributed by atoms with van der Waals surface area (Å²) in [4.78, 5) is 21.8. The Morgan fingerprint density at radius 1 is 1.18 bits per heavy atom. The Hall–Kier alpha value is -3.42. The third-order valence-electron chi connectivity index (χ3n) is 4.61. The number of fused-ring (bicyclic) bond motifs is 1. The lowest BCUT2D eigenvalue weighted by molar-refractivity contribution is -0.124. The number of imidazole rings is 1. The average molecular weight is 379 g/mol. The van der Waals surface area contributed by atoms with Crippen LogP contribution in [0.4, 0.5) is 0 Å². The summed E-state index contributed by atoms with van der Waals surface area (Å²) in [6.07, 6.45) is 2.92. The van der Waals surface area contributed by atoms with E-state index in [9.17, 15) is 4.79 Å². The molecule has 4 rings (SSSR count). The van der Waals surface area contributed by atoms with Crippen LogP contribution in [0.2, 0.25) is 0 Å². The van der Waals surface area contributed by atoms with Crippen LogP contribution >= 0.6 is 0 Å². The van der Waals surface area contributed by atoms with Crippen molar-refractivity contribution in [1.82, 2.24) is 25.0 Å². The van der Waals surface area contributed by atoms with Crippen molar-refractivity contribution in [2.45, 2.75) is 39.3 Å². The first-order chi connectivity index (χ1) is 13.7. The molecule has 4 aromatic rings. The van der Waals surface area contributed by atoms with Gasteiger partial charge in [-0.25, -0.2) is 4.98 Å². The summed E-state index contributed by atoms with van der Waals surface area (Å²) in [5.74, 6) is 1.96. The van der Waals surface area contributed by atoms with Gasteiger partial charge in [0.25, 0.3) is 5.89 Å². The molecule has 0 aliphatic rings. The van der Waals surface area contributed by atoms with E-state index in [-0.39, 0.29) is 24.4 Å². The van der Waals surface area contributed by atoms with E-state index >= 15 is 0 Å². The Kier molecular flexibility index (Phi) is 4.92. The van der Waals surface area contributed by atoms with Crippen molar-refractivity contribution in [2.24, 2.45) is 0 Å². The molecule has 3 heterocycles. The number of rotatable bonds is 7. The summed E-state index contributed by atoms with van der Waals surface area (Å²) in [6.45, 7) is 4.20. The smallest absolute Gasteiger partial charge is 0.293 e. The molecule has 0 saturated heterocycles. The molecule has 0 fully saturated rings. The second-order valence-electron chi connectivity index (χ2n) is 6.38. The van der Waals surface area contributed by atoms with Crippen molar-refractivity contribution in [3.63, 3.8) is 0 Å². The third-order valence-corrected chi connectivity index (χ3v) is 4.61. The molecular weight excluding hydrogens is 358 g/mol. The molecule has 3 aromatic heterocycles. The third kappa shape index (κ3) is 3.28. The maximum Gasteiger partial charge on any atom is 0.293 e. The van der Waals surface area contributed by atoms with Gasteiger partial charge < -0.3 is 18.8 Å². The minimum atomic E-state index is -0.362. The van der Waals surface area contributed by atoms with Gasteiger partial charge in [-0.2, -0.15) is 4.98 Å². The van der Waals surface area contributed by atoms with E-state index in [1.54, 1.807) is 12.1 Å². The number of para-hydroxylation sites is 2. The molecule has 0 bridgehead atoms. The lowest BCUT2D eigenvalue weighted by Crippen LogP contribution is -2.33. The summed E-state index contributed by atoms with van der Waals surface area (Å²) in [7, 11) is 0. The Balaban J connectivity index is 1.52. The van der Waals surface area contributed by atoms with Gasteiger partial charge >= 0.3 is 0 Å². The van der Waals surface area contributed by atoms with E-state index in [0.29, 0.717) is 18.0 Å². The van der Waals surface area contributed by atoms with Crippen molar-refractivity contribution < 1.29 is 13.7 Å². The first-order valence-electron chi connectivity index (χ1n) is 9.31. The second-order valence-corrected chi connectivity index (χ2v) is 6.38. The van der Waals surface area contributed by atoms with Crippen molar-refractivity contribution in [3.05, 3.63) is 54.3 Å². The van der Waals surface area contributed by atoms with Crippen molar-refractivity contribution in [3.8, 4) is 11.7 Å². The van der Waals surface area contributed by atoms with Gasteiger partial charge in [-0.05, 0) is 30.7 Å². The minimum Gasteiger partial charge on any atom is -0.459 e. The Morgan fingerprint density at radius 3 is 2.79 bits per heavy atom. The molecule has 0 radical (unpaired) electrons. The number of carbonyl (C=O) groups is 1. The number of benzene rings is 1. The molecule has 0 spiro atoms. The predicted molar refractivity (Wildman–Crippen MR) is 102 cm³/mol. The maximum absolute atomic E-state index is 12.9. The molecule has 0 unspecified atom stereocenters. The first kappa shape index (κ1) is 18.0. The van der Waals surface area contributed by atoms with Crippen molar-refractivity contribution >= 4 is 16.9 Å². The Labute approximate surface area is 161 Å². The molecule has 1 amide bonds. The first-order valence-corrected chi connectivity index (χ1v) is 9.31. The van der Waals surface area contributed by atoms with E-state index in [1.807, 2.05) is 42.7 Å². The van der Waals surface area contributed by atoms with Crippen LogP contribution in [0.25, 0.3) is 22.7 Å². The van der Waals surface area contributed by atoms with E-state index in [1.165, 1.54) is 6.26 Å². The summed E-state index contributed by atoms with van der Waals surface area (Å²) >= 11 is 0. The SMILES string of the molecule is CCc1nc2ccccc2n1[C@@H](CC)C(=O)NCc1noc(-c2ccco2)n1. The quantitative estimate of drug-likeness (QED) is 0.527. The summed E-state index contributed by atoms with van der Waals surface area (Å²) in [5.41, 5.74) is 1.85. The van der Waals surface area contributed by atoms with Gasteiger partial charge in [-0.1, -0.05) is 31.1 Å². The summed E-state index contributed by atoms with van der Waals surface area (Å²) < 4.78 is 12.4. The second kappa shape index (κ2) is 7.67. The number of carbonyl (C=O) groups excluding carboxylic acids is 1. The minimum absolute atomic E-state index is 0.107. The highest BCUT2D eigenvalue weighted by Gasteiger charge is 2.24. The number of nitrogens with one attached hydrogen (secondary N) is 1. The monoisotopic (exact) mass is 379 g/mol. The summed E-state index contributed by atoms with van der Waals surface area (Å²) in [5, 5.41) is 6.81. The molecule has 28 heavy (non-hydrogen) atoms. The van der Waals surface area contributed by atoms with Crippen LogP contribution < -0.4 is 5.32 Å². The van der Waals surface area contributed by atoms with Gasteiger partial charge in [0.05, 0.1) is 23.8 Å². The van der Waals surface area contributed by atoms with E-state index in [0.717, 1.165) is 23.3 Å². The van der Waals surface area contributed by atoms with Gasteiger partial charge in [-0.15, -0.1) is 0 Å². The zero-order valence-corrected chi connectivity index (χ0v) is 15.8. The fourth-order valence-corrected chi connectivity index (χ4v) is 3.29. The number of hydrogen-bond acceptors (Lipinski definition) is 6. The Bertz CT molecular complexity index is 1080. The molecular formula is C20H21N5O3. The molecule has 1 atom stereocenters. The highest BCUT2D eigenvalue weighted by Crippen LogP contribution is 2.24. The standard InChI is InChI=1S/C20H21N5O3/c1-3-14(25-15-9-6-5-8-13(15)22-18(25)4-2)19(26)21-12-17-23-20(28-24-17)16-10-7-11-27-16/h5-11,14H,3-4,12H2,1-2H3,(H,21,26)/t14-/m0/s1. The number of aromatic nitrogens is 4. The highest BCUT2D eigenvalue weighted by atomic mass is 16.5. The molecule has 144 valence electrons. The fraction of sp³-hybridized carbons (Fsp3) is 0.300. The lowest BCUT2D eigenvalue weighted by Gasteiger charge is -2.19. The molecule has 1 N–H and O–H groups in total. The molecule has 8 heteroatoms. The van der Waals surface area contributed by atoms with Gasteiger partial charge in [0.2, 0.25) is 5.91 Å². The van der Waals surface area contributed by atoms with Gasteiger partial charge in [-0.3, -0.25) is 4.79 Å². The molecule has 0 aliphatic heterocycles. The number of nitrogens with zero attached hydrogens (tertiary/aromatic N) is 4. The highest BCUT2D eigenvalue weighted by molar-refractivity contribution is 5.84. The van der Waals surface area contributed by atoms with Crippen molar-refractivity contribution in [2.75, 3.05) is 0 Å². The zero-order valence-electron chi connectivity index (χ0n) is 15.8. The van der Waals surface area contributed by atoms with Gasteiger partial charge in [0.1, 0.15) is 11.9 Å². The van der Waals surface area contributed by atoms with Gasteiger partial charge in [0, 0.05) is 6.42 Å². The van der Waals surface area contributed by atoms with Crippen LogP contribution in [0, 0.1) is 0 Å². The molecule has 0 aliphatic carbocycles. The maximum atomic E-state index is 12.9. The molecule has 8 nitrogen and oxygen atoms in total. The average Bonchev–Trinajstić information content (AvgIpc) is 3.46. The van der Waals surface area contributed by atoms with Crippen LogP contribution in [0.1, 0.15) is 38.0 Å². The van der Waals surface area contributed by atoms with Crippen LogP contribution in [0.15, 0.2) is 51.6 Å². The van der Waals surface area contributed by atoms with Crippen LogP contribution in [-0.2, 0) is 17.8 Å². The summed E-state index contributed by atoms with van der Waals surface area (Å²) in [6, 6.07) is 11.0. The van der Waals surface area contributed by atoms with E-state index in [4.69, 9.17) is 8.94 Å². The van der Waals surface area contributed by atoms with Gasteiger partial charge in [0.15, 0.2) is 11.6 Å². The van der Waals surface area contributed by atoms with Crippen molar-refractivity contribution in [1.29, 1.82) is 0 Å². The van der Waals surface area contributed by atoms with E-state index < -0.39 is 0 Å². The van der Waals surface area contributed by atoms with Crippen LogP contribution in [-0.4, -0.2) is 25.6 Å². The molecule has 0 saturated carbocycles. The fourth-order valence-electron chi connectivity index (χ4n) is 3.29. The normalized spacial score (nSPS) is 12.4. The number of hydrogen-bond donors (Lipinski definition) is 1. The largest absolute Gasteiger partial charge is 0.459 e. The number of amides is 1. The topological polar surface area (TPSA) is 99.0 Å².